The van der Waals surface area contributed by atoms with Gasteiger partial charge >= 0.3 is 0 Å². The van der Waals surface area contributed by atoms with Crippen molar-refractivity contribution in [1.29, 1.82) is 0 Å². The minimum Gasteiger partial charge on any atom is -0.504 e. The topological polar surface area (TPSA) is 86.6 Å². The summed E-state index contributed by atoms with van der Waals surface area (Å²) in [5.74, 6) is -2.68. The van der Waals surface area contributed by atoms with Crippen LogP contribution in [0.2, 0.25) is 5.02 Å². The highest BCUT2D eigenvalue weighted by Crippen LogP contribution is 2.31. The van der Waals surface area contributed by atoms with Gasteiger partial charge in [0.2, 0.25) is 0 Å². The van der Waals surface area contributed by atoms with Crippen molar-refractivity contribution in [3.05, 3.63) is 22.7 Å². The predicted octanol–water partition coefficient (Wildman–Crippen LogP) is 0.680. The minimum atomic E-state index is -0.877. The number of phenols is 2. The fourth-order valence-electron chi connectivity index (χ4n) is 0.961. The molecule has 1 amide bonds. The standard InChI is InChI=1S/C9H8ClNO4/c1-11-9(15)8(14)4-2-6(12)7(13)3-5(4)10/h2-3,12-13H,1H3,(H,11,15). The van der Waals surface area contributed by atoms with Gasteiger partial charge in [-0.05, 0) is 6.07 Å². The Morgan fingerprint density at radius 1 is 1.27 bits per heavy atom. The van der Waals surface area contributed by atoms with Crippen LogP contribution in [0.4, 0.5) is 0 Å². The van der Waals surface area contributed by atoms with E-state index in [0.29, 0.717) is 0 Å². The van der Waals surface area contributed by atoms with E-state index in [2.05, 4.69) is 5.32 Å². The number of ketones is 1. The first-order valence-corrected chi connectivity index (χ1v) is 4.33. The van der Waals surface area contributed by atoms with Gasteiger partial charge < -0.3 is 15.5 Å². The Bertz CT molecular complexity index is 430. The molecule has 0 unspecified atom stereocenters. The number of benzene rings is 1. The Kier molecular flexibility index (Phi) is 3.16. The molecule has 0 saturated heterocycles. The van der Waals surface area contributed by atoms with Gasteiger partial charge in [-0.2, -0.15) is 0 Å². The lowest BCUT2D eigenvalue weighted by molar-refractivity contribution is -0.116. The van der Waals surface area contributed by atoms with Gasteiger partial charge in [-0.1, -0.05) is 11.6 Å². The van der Waals surface area contributed by atoms with Crippen molar-refractivity contribution in [1.82, 2.24) is 5.32 Å². The monoisotopic (exact) mass is 229 g/mol. The summed E-state index contributed by atoms with van der Waals surface area (Å²) in [6.45, 7) is 0. The molecule has 6 heteroatoms. The quantitative estimate of drug-likeness (QED) is 0.395. The number of Topliss-reactive ketones (excluding diaryl/α,β-unsaturated/α-hetero) is 1. The number of carbonyl (C=O) groups is 2. The lowest BCUT2D eigenvalue weighted by Crippen LogP contribution is -2.27. The average Bonchev–Trinajstić information content (AvgIpc) is 2.21. The van der Waals surface area contributed by atoms with E-state index in [-0.39, 0.29) is 10.6 Å². The molecule has 0 aliphatic carbocycles. The SMILES string of the molecule is CNC(=O)C(=O)c1cc(O)c(O)cc1Cl. The fourth-order valence-corrected chi connectivity index (χ4v) is 1.20. The van der Waals surface area contributed by atoms with Crippen LogP contribution in [0.15, 0.2) is 12.1 Å². The molecule has 0 bridgehead atoms. The Morgan fingerprint density at radius 3 is 2.33 bits per heavy atom. The van der Waals surface area contributed by atoms with Crippen molar-refractivity contribution in [2.75, 3.05) is 7.05 Å². The molecule has 1 aromatic carbocycles. The van der Waals surface area contributed by atoms with Gasteiger partial charge in [-0.15, -0.1) is 0 Å². The number of halogens is 1. The summed E-state index contributed by atoms with van der Waals surface area (Å²) in [6.07, 6.45) is 0. The van der Waals surface area contributed by atoms with Crippen molar-refractivity contribution in [3.8, 4) is 11.5 Å². The summed E-state index contributed by atoms with van der Waals surface area (Å²) in [4.78, 5) is 22.4. The third-order valence-electron chi connectivity index (χ3n) is 1.74. The first kappa shape index (κ1) is 11.3. The molecule has 0 aliphatic rings. The van der Waals surface area contributed by atoms with E-state index in [1.807, 2.05) is 0 Å². The number of phenolic OH excluding ortho intramolecular Hbond substituents is 2. The van der Waals surface area contributed by atoms with Crippen molar-refractivity contribution in [2.24, 2.45) is 0 Å². The Morgan fingerprint density at radius 2 is 1.80 bits per heavy atom. The van der Waals surface area contributed by atoms with Crippen LogP contribution >= 0.6 is 11.6 Å². The van der Waals surface area contributed by atoms with E-state index >= 15 is 0 Å². The maximum absolute atomic E-state index is 11.4. The molecule has 5 nitrogen and oxygen atoms in total. The zero-order valence-corrected chi connectivity index (χ0v) is 8.50. The number of rotatable bonds is 2. The van der Waals surface area contributed by atoms with E-state index < -0.39 is 23.2 Å². The zero-order chi connectivity index (χ0) is 11.6. The van der Waals surface area contributed by atoms with Gasteiger partial charge in [0.25, 0.3) is 11.7 Å². The third-order valence-corrected chi connectivity index (χ3v) is 2.05. The van der Waals surface area contributed by atoms with Gasteiger partial charge in [-0.25, -0.2) is 0 Å². The van der Waals surface area contributed by atoms with Gasteiger partial charge in [-0.3, -0.25) is 9.59 Å². The Hall–Kier alpha value is -1.75. The van der Waals surface area contributed by atoms with E-state index in [4.69, 9.17) is 21.8 Å². The Balaban J connectivity index is 3.21. The highest BCUT2D eigenvalue weighted by atomic mass is 35.5. The van der Waals surface area contributed by atoms with Crippen LogP contribution in [0, 0.1) is 0 Å². The highest BCUT2D eigenvalue weighted by molar-refractivity contribution is 6.47. The lowest BCUT2D eigenvalue weighted by Gasteiger charge is -2.04. The number of hydrogen-bond acceptors (Lipinski definition) is 4. The first-order chi connectivity index (χ1) is 6.97. The second-order valence-corrected chi connectivity index (χ2v) is 3.14. The summed E-state index contributed by atoms with van der Waals surface area (Å²) >= 11 is 5.63. The predicted molar refractivity (Wildman–Crippen MR) is 53.2 cm³/mol. The molecule has 0 saturated carbocycles. The van der Waals surface area contributed by atoms with Gasteiger partial charge in [0.05, 0.1) is 10.6 Å². The first-order valence-electron chi connectivity index (χ1n) is 3.95. The maximum Gasteiger partial charge on any atom is 0.292 e. The second-order valence-electron chi connectivity index (χ2n) is 2.73. The van der Waals surface area contributed by atoms with E-state index in [1.165, 1.54) is 7.05 Å². The third kappa shape index (κ3) is 2.19. The molecule has 15 heavy (non-hydrogen) atoms. The Labute approximate surface area is 90.3 Å². The van der Waals surface area contributed by atoms with Gasteiger partial charge in [0, 0.05) is 13.1 Å². The fraction of sp³-hybridized carbons (Fsp3) is 0.111. The van der Waals surface area contributed by atoms with E-state index in [0.717, 1.165) is 12.1 Å². The number of likely N-dealkylation sites (N-methyl/N-ethyl adjacent to an activating group) is 1. The van der Waals surface area contributed by atoms with Crippen LogP contribution in [0.25, 0.3) is 0 Å². The van der Waals surface area contributed by atoms with E-state index in [9.17, 15) is 9.59 Å². The van der Waals surface area contributed by atoms with Crippen LogP contribution in [-0.4, -0.2) is 29.0 Å². The van der Waals surface area contributed by atoms with Crippen LogP contribution in [0.1, 0.15) is 10.4 Å². The normalized spacial score (nSPS) is 9.73. The molecular formula is C9H8ClNO4. The molecule has 0 spiro atoms. The summed E-state index contributed by atoms with van der Waals surface area (Å²) < 4.78 is 0. The van der Waals surface area contributed by atoms with Crippen LogP contribution in [0.3, 0.4) is 0 Å². The molecular weight excluding hydrogens is 222 g/mol. The largest absolute Gasteiger partial charge is 0.504 e. The summed E-state index contributed by atoms with van der Waals surface area (Å²) in [7, 11) is 1.30. The second kappa shape index (κ2) is 4.18. The molecule has 0 atom stereocenters. The number of aromatic hydroxyl groups is 2. The molecule has 0 heterocycles. The lowest BCUT2D eigenvalue weighted by atomic mass is 10.1. The van der Waals surface area contributed by atoms with Crippen molar-refractivity contribution >= 4 is 23.3 Å². The highest BCUT2D eigenvalue weighted by Gasteiger charge is 2.19. The summed E-state index contributed by atoms with van der Waals surface area (Å²) in [6, 6.07) is 1.93. The van der Waals surface area contributed by atoms with Gasteiger partial charge in [0.1, 0.15) is 0 Å². The van der Waals surface area contributed by atoms with Gasteiger partial charge in [0.15, 0.2) is 11.5 Å². The molecule has 0 radical (unpaired) electrons. The number of amides is 1. The summed E-state index contributed by atoms with van der Waals surface area (Å²) in [5.41, 5.74) is -0.161. The van der Waals surface area contributed by atoms with Crippen molar-refractivity contribution in [3.63, 3.8) is 0 Å². The molecule has 1 rings (SSSR count). The minimum absolute atomic E-state index is 0.0982. The summed E-state index contributed by atoms with van der Waals surface area (Å²) in [5, 5.41) is 20.2. The number of hydrogen-bond donors (Lipinski definition) is 3. The van der Waals surface area contributed by atoms with Crippen LogP contribution < -0.4 is 5.32 Å². The molecule has 3 N–H and O–H groups in total. The van der Waals surface area contributed by atoms with E-state index in [1.54, 1.807) is 0 Å². The smallest absolute Gasteiger partial charge is 0.292 e. The molecule has 0 fully saturated rings. The van der Waals surface area contributed by atoms with Crippen molar-refractivity contribution in [2.45, 2.75) is 0 Å². The molecule has 0 aromatic heterocycles. The molecule has 0 aliphatic heterocycles. The van der Waals surface area contributed by atoms with Crippen molar-refractivity contribution < 1.29 is 19.8 Å². The molecule has 80 valence electrons. The van der Waals surface area contributed by atoms with Crippen LogP contribution in [-0.2, 0) is 4.79 Å². The number of carbonyl (C=O) groups excluding carboxylic acids is 2. The zero-order valence-electron chi connectivity index (χ0n) is 7.74. The maximum atomic E-state index is 11.4. The number of nitrogens with one attached hydrogen (secondary N) is 1. The average molecular weight is 230 g/mol. The van der Waals surface area contributed by atoms with Crippen LogP contribution in [0.5, 0.6) is 11.5 Å². The molecule has 1 aromatic rings.